The molecule has 18 heavy (non-hydrogen) atoms. The van der Waals surface area contributed by atoms with Crippen LogP contribution < -0.4 is 5.32 Å². The quantitative estimate of drug-likeness (QED) is 0.599. The van der Waals surface area contributed by atoms with Crippen LogP contribution in [0.4, 0.5) is 5.69 Å². The predicted octanol–water partition coefficient (Wildman–Crippen LogP) is 3.15. The van der Waals surface area contributed by atoms with Crippen molar-refractivity contribution in [2.24, 2.45) is 0 Å². The second-order valence-corrected chi connectivity index (χ2v) is 4.79. The SMILES string of the molecule is C=C(C)COCCNc1ccc(C(=O)O)c(Br)c1. The Kier molecular flexibility index (Phi) is 5.88. The van der Waals surface area contributed by atoms with Gasteiger partial charge in [-0.05, 0) is 41.1 Å². The van der Waals surface area contributed by atoms with E-state index in [-0.39, 0.29) is 5.56 Å². The highest BCUT2D eigenvalue weighted by molar-refractivity contribution is 9.10. The average Bonchev–Trinajstić information content (AvgIpc) is 2.27. The third-order valence-electron chi connectivity index (χ3n) is 2.12. The standard InChI is InChI=1S/C13H16BrNO3/c1-9(2)8-18-6-5-15-10-3-4-11(13(16)17)12(14)7-10/h3-4,7,15H,1,5-6,8H2,2H3,(H,16,17). The molecule has 98 valence electrons. The third-order valence-corrected chi connectivity index (χ3v) is 2.78. The number of aromatic carboxylic acids is 1. The van der Waals surface area contributed by atoms with E-state index in [4.69, 9.17) is 9.84 Å². The van der Waals surface area contributed by atoms with Crippen LogP contribution in [0, 0.1) is 0 Å². The molecule has 0 aliphatic carbocycles. The first-order valence-corrected chi connectivity index (χ1v) is 6.29. The lowest BCUT2D eigenvalue weighted by Crippen LogP contribution is -2.10. The smallest absolute Gasteiger partial charge is 0.336 e. The highest BCUT2D eigenvalue weighted by atomic mass is 79.9. The van der Waals surface area contributed by atoms with Crippen molar-refractivity contribution in [3.05, 3.63) is 40.4 Å². The lowest BCUT2D eigenvalue weighted by atomic mass is 10.2. The number of ether oxygens (including phenoxy) is 1. The van der Waals surface area contributed by atoms with Crippen LogP contribution in [0.5, 0.6) is 0 Å². The molecule has 1 aromatic carbocycles. The molecular formula is C13H16BrNO3. The van der Waals surface area contributed by atoms with Crippen molar-refractivity contribution in [1.82, 2.24) is 0 Å². The van der Waals surface area contributed by atoms with Crippen LogP contribution in [0.15, 0.2) is 34.8 Å². The van der Waals surface area contributed by atoms with Crippen molar-refractivity contribution < 1.29 is 14.6 Å². The molecule has 0 spiro atoms. The van der Waals surface area contributed by atoms with Crippen LogP contribution in [0.25, 0.3) is 0 Å². The van der Waals surface area contributed by atoms with E-state index in [0.717, 1.165) is 11.3 Å². The Labute approximate surface area is 115 Å². The topological polar surface area (TPSA) is 58.6 Å². The summed E-state index contributed by atoms with van der Waals surface area (Å²) in [5.41, 5.74) is 2.09. The Bertz CT molecular complexity index is 446. The molecule has 0 bridgehead atoms. The highest BCUT2D eigenvalue weighted by Crippen LogP contribution is 2.21. The first-order valence-electron chi connectivity index (χ1n) is 5.49. The third kappa shape index (κ3) is 4.89. The van der Waals surface area contributed by atoms with Gasteiger partial charge in [0, 0.05) is 16.7 Å². The molecule has 2 N–H and O–H groups in total. The summed E-state index contributed by atoms with van der Waals surface area (Å²) in [5.74, 6) is -0.946. The Morgan fingerprint density at radius 3 is 2.83 bits per heavy atom. The van der Waals surface area contributed by atoms with Crippen molar-refractivity contribution in [2.45, 2.75) is 6.92 Å². The van der Waals surface area contributed by atoms with Gasteiger partial charge in [0.15, 0.2) is 0 Å². The minimum atomic E-state index is -0.946. The highest BCUT2D eigenvalue weighted by Gasteiger charge is 2.07. The summed E-state index contributed by atoms with van der Waals surface area (Å²) in [5, 5.41) is 12.0. The minimum absolute atomic E-state index is 0.249. The second-order valence-electron chi connectivity index (χ2n) is 3.94. The van der Waals surface area contributed by atoms with E-state index in [1.165, 1.54) is 0 Å². The van der Waals surface area contributed by atoms with E-state index in [9.17, 15) is 4.79 Å². The van der Waals surface area contributed by atoms with Crippen LogP contribution in [0.3, 0.4) is 0 Å². The molecule has 5 heteroatoms. The number of halogens is 1. The molecule has 0 fully saturated rings. The van der Waals surface area contributed by atoms with Crippen LogP contribution >= 0.6 is 15.9 Å². The first-order chi connectivity index (χ1) is 8.50. The Morgan fingerprint density at radius 2 is 2.28 bits per heavy atom. The molecule has 0 heterocycles. The number of carboxylic acids is 1. The number of hydrogen-bond acceptors (Lipinski definition) is 3. The van der Waals surface area contributed by atoms with Crippen LogP contribution in [-0.4, -0.2) is 30.8 Å². The number of hydrogen-bond donors (Lipinski definition) is 2. The number of benzene rings is 1. The lowest BCUT2D eigenvalue weighted by molar-refractivity contribution is 0.0696. The van der Waals surface area contributed by atoms with Gasteiger partial charge >= 0.3 is 5.97 Å². The molecule has 0 saturated heterocycles. The van der Waals surface area contributed by atoms with E-state index in [1.54, 1.807) is 18.2 Å². The number of nitrogens with one attached hydrogen (secondary N) is 1. The fraction of sp³-hybridized carbons (Fsp3) is 0.308. The van der Waals surface area contributed by atoms with Crippen molar-refractivity contribution >= 4 is 27.6 Å². The molecular weight excluding hydrogens is 298 g/mol. The van der Waals surface area contributed by atoms with Gasteiger partial charge in [-0.1, -0.05) is 12.2 Å². The van der Waals surface area contributed by atoms with Crippen molar-refractivity contribution in [1.29, 1.82) is 0 Å². The number of rotatable bonds is 7. The van der Waals surface area contributed by atoms with Crippen molar-refractivity contribution in [3.8, 4) is 0 Å². The Balaban J connectivity index is 2.42. The largest absolute Gasteiger partial charge is 0.478 e. The van der Waals surface area contributed by atoms with Crippen molar-refractivity contribution in [2.75, 3.05) is 25.1 Å². The van der Waals surface area contributed by atoms with Gasteiger partial charge in [0.25, 0.3) is 0 Å². The Morgan fingerprint density at radius 1 is 1.56 bits per heavy atom. The molecule has 0 radical (unpaired) electrons. The number of carbonyl (C=O) groups is 1. The fourth-order valence-corrected chi connectivity index (χ4v) is 1.86. The van der Waals surface area contributed by atoms with Crippen LogP contribution in [0.1, 0.15) is 17.3 Å². The monoisotopic (exact) mass is 313 g/mol. The summed E-state index contributed by atoms with van der Waals surface area (Å²) in [6, 6.07) is 5.03. The van der Waals surface area contributed by atoms with E-state index >= 15 is 0 Å². The predicted molar refractivity (Wildman–Crippen MR) is 75.2 cm³/mol. The zero-order chi connectivity index (χ0) is 13.5. The van der Waals surface area contributed by atoms with Crippen molar-refractivity contribution in [3.63, 3.8) is 0 Å². The maximum absolute atomic E-state index is 10.8. The zero-order valence-electron chi connectivity index (χ0n) is 10.2. The summed E-state index contributed by atoms with van der Waals surface area (Å²) in [4.78, 5) is 10.8. The summed E-state index contributed by atoms with van der Waals surface area (Å²) in [6.07, 6.45) is 0. The van der Waals surface area contributed by atoms with Gasteiger partial charge in [0.05, 0.1) is 18.8 Å². The van der Waals surface area contributed by atoms with Crippen LogP contribution in [0.2, 0.25) is 0 Å². The summed E-state index contributed by atoms with van der Waals surface area (Å²) in [6.45, 7) is 7.45. The van der Waals surface area contributed by atoms with Gasteiger partial charge in [-0.25, -0.2) is 4.79 Å². The van der Waals surface area contributed by atoms with Gasteiger partial charge < -0.3 is 15.2 Å². The van der Waals surface area contributed by atoms with Gasteiger partial charge in [0.1, 0.15) is 0 Å². The molecule has 0 saturated carbocycles. The van der Waals surface area contributed by atoms with Crippen LogP contribution in [-0.2, 0) is 4.74 Å². The molecule has 0 aliphatic rings. The molecule has 0 aliphatic heterocycles. The van der Waals surface area contributed by atoms with E-state index in [0.29, 0.717) is 24.2 Å². The van der Waals surface area contributed by atoms with Gasteiger partial charge in [-0.3, -0.25) is 0 Å². The summed E-state index contributed by atoms with van der Waals surface area (Å²) in [7, 11) is 0. The maximum atomic E-state index is 10.8. The second kappa shape index (κ2) is 7.18. The molecule has 4 nitrogen and oxygen atoms in total. The zero-order valence-corrected chi connectivity index (χ0v) is 11.8. The van der Waals surface area contributed by atoms with E-state index in [1.807, 2.05) is 6.92 Å². The summed E-state index contributed by atoms with van der Waals surface area (Å²) < 4.78 is 5.90. The van der Waals surface area contributed by atoms with Gasteiger partial charge in [0.2, 0.25) is 0 Å². The van der Waals surface area contributed by atoms with Gasteiger partial charge in [-0.2, -0.15) is 0 Å². The fourth-order valence-electron chi connectivity index (χ4n) is 1.31. The van der Waals surface area contributed by atoms with E-state index < -0.39 is 5.97 Å². The number of anilines is 1. The molecule has 0 aromatic heterocycles. The van der Waals surface area contributed by atoms with Gasteiger partial charge in [-0.15, -0.1) is 0 Å². The molecule has 1 rings (SSSR count). The maximum Gasteiger partial charge on any atom is 0.336 e. The molecule has 0 atom stereocenters. The normalized spacial score (nSPS) is 10.1. The lowest BCUT2D eigenvalue weighted by Gasteiger charge is -2.08. The first kappa shape index (κ1) is 14.7. The molecule has 1 aromatic rings. The Hall–Kier alpha value is -1.33. The van der Waals surface area contributed by atoms with E-state index in [2.05, 4.69) is 27.8 Å². The molecule has 0 unspecified atom stereocenters. The average molecular weight is 314 g/mol. The minimum Gasteiger partial charge on any atom is -0.478 e. The summed E-state index contributed by atoms with van der Waals surface area (Å²) >= 11 is 3.23. The molecule has 0 amide bonds. The number of carboxylic acid groups (broad SMARTS) is 1.